The summed E-state index contributed by atoms with van der Waals surface area (Å²) in [4.78, 5) is 10.5. The first-order valence-corrected chi connectivity index (χ1v) is 9.54. The molecule has 2 heterocycles. The van der Waals surface area contributed by atoms with Crippen molar-refractivity contribution < 1.29 is 4.39 Å². The summed E-state index contributed by atoms with van der Waals surface area (Å²) in [6.07, 6.45) is 1.20. The molecular weight excluding hydrogens is 345 g/mol. The Balaban J connectivity index is 1.31. The van der Waals surface area contributed by atoms with Gasteiger partial charge in [0.25, 0.3) is 0 Å². The molecule has 0 amide bonds. The summed E-state index contributed by atoms with van der Waals surface area (Å²) in [5.74, 6) is 2.76. The van der Waals surface area contributed by atoms with Crippen LogP contribution in [0.5, 0.6) is 0 Å². The van der Waals surface area contributed by atoms with Crippen LogP contribution in [0.4, 0.5) is 4.39 Å². The van der Waals surface area contributed by atoms with Crippen LogP contribution in [0.25, 0.3) is 10.9 Å². The van der Waals surface area contributed by atoms with Gasteiger partial charge in [0.05, 0.1) is 12.1 Å². The number of benzene rings is 2. The molecule has 2 aromatic carbocycles. The molecule has 1 saturated carbocycles. The van der Waals surface area contributed by atoms with Crippen molar-refractivity contribution >= 4 is 23.1 Å². The first kappa shape index (κ1) is 16.1. The second-order valence-electron chi connectivity index (χ2n) is 7.54. The van der Waals surface area contributed by atoms with E-state index in [0.29, 0.717) is 11.8 Å². The van der Waals surface area contributed by atoms with Gasteiger partial charge in [-0.15, -0.1) is 0 Å². The lowest BCUT2D eigenvalue weighted by Crippen LogP contribution is -2.33. The summed E-state index contributed by atoms with van der Waals surface area (Å²) >= 11 is 5.49. The number of fused-ring (bicyclic) bond motifs is 2. The fourth-order valence-corrected chi connectivity index (χ4v) is 4.93. The Hall–Kier alpha value is -2.11. The van der Waals surface area contributed by atoms with Gasteiger partial charge in [0.15, 0.2) is 0 Å². The monoisotopic (exact) mass is 365 g/mol. The molecule has 1 aromatic heterocycles. The second-order valence-corrected chi connectivity index (χ2v) is 7.95. The molecule has 1 aliphatic carbocycles. The van der Waals surface area contributed by atoms with Crippen LogP contribution in [0.1, 0.15) is 23.7 Å². The van der Waals surface area contributed by atoms with Crippen molar-refractivity contribution in [3.63, 3.8) is 0 Å². The number of para-hydroxylation sites is 1. The molecule has 26 heavy (non-hydrogen) atoms. The Morgan fingerprint density at radius 3 is 2.77 bits per heavy atom. The summed E-state index contributed by atoms with van der Waals surface area (Å²) < 4.78 is 13.9. The Morgan fingerprint density at radius 1 is 1.12 bits per heavy atom. The maximum absolute atomic E-state index is 13.2. The van der Waals surface area contributed by atoms with Gasteiger partial charge in [-0.25, -0.2) is 9.37 Å². The zero-order chi connectivity index (χ0) is 17.7. The van der Waals surface area contributed by atoms with Crippen molar-refractivity contribution in [2.75, 3.05) is 13.1 Å². The molecule has 1 aliphatic heterocycles. The lowest BCUT2D eigenvalue weighted by Gasteiger charge is -2.40. The van der Waals surface area contributed by atoms with E-state index >= 15 is 0 Å². The van der Waals surface area contributed by atoms with Gasteiger partial charge in [0, 0.05) is 18.5 Å². The number of aromatic nitrogens is 2. The number of hydrogen-bond donors (Lipinski definition) is 1. The van der Waals surface area contributed by atoms with Gasteiger partial charge in [-0.1, -0.05) is 36.5 Å². The third-order valence-electron chi connectivity index (χ3n) is 5.97. The first-order chi connectivity index (χ1) is 12.7. The molecule has 132 valence electrons. The fraction of sp³-hybridized carbons (Fsp3) is 0.333. The fourth-order valence-electron chi connectivity index (χ4n) is 4.64. The van der Waals surface area contributed by atoms with E-state index in [1.165, 1.54) is 12.0 Å². The van der Waals surface area contributed by atoms with Gasteiger partial charge < -0.3 is 4.98 Å². The Bertz CT molecular complexity index is 1010. The molecule has 0 spiro atoms. The van der Waals surface area contributed by atoms with Crippen LogP contribution in [0.3, 0.4) is 0 Å². The zero-order valence-electron chi connectivity index (χ0n) is 14.4. The third kappa shape index (κ3) is 2.75. The Morgan fingerprint density at radius 2 is 1.92 bits per heavy atom. The minimum Gasteiger partial charge on any atom is -0.333 e. The normalized spacial score (nSPS) is 25.2. The van der Waals surface area contributed by atoms with Gasteiger partial charge in [-0.3, -0.25) is 4.90 Å². The highest BCUT2D eigenvalue weighted by Gasteiger charge is 2.47. The standard InChI is InChI=1S/C21H20FN3S/c22-15-7-5-13(6-8-15)17-9-14-10-25(11-18(14)17)12-20-23-19-4-2-1-3-16(19)21(26)24-20/h1-8,14,17-18H,9-12H2,(H,23,24,26). The summed E-state index contributed by atoms with van der Waals surface area (Å²) in [6, 6.07) is 15.1. The molecule has 3 aromatic rings. The molecule has 5 rings (SSSR count). The van der Waals surface area contributed by atoms with Gasteiger partial charge in [0.2, 0.25) is 0 Å². The van der Waals surface area contributed by atoms with E-state index in [1.807, 2.05) is 36.4 Å². The van der Waals surface area contributed by atoms with E-state index in [4.69, 9.17) is 17.2 Å². The molecule has 1 N–H and O–H groups in total. The molecule has 3 nitrogen and oxygen atoms in total. The smallest absolute Gasteiger partial charge is 0.123 e. The van der Waals surface area contributed by atoms with E-state index in [1.54, 1.807) is 12.1 Å². The quantitative estimate of drug-likeness (QED) is 0.685. The van der Waals surface area contributed by atoms with Crippen LogP contribution in [0.15, 0.2) is 48.5 Å². The highest BCUT2D eigenvalue weighted by Crippen LogP contribution is 2.51. The van der Waals surface area contributed by atoms with Crippen molar-refractivity contribution in [1.29, 1.82) is 0 Å². The maximum atomic E-state index is 13.2. The minimum absolute atomic E-state index is 0.157. The lowest BCUT2D eigenvalue weighted by atomic mass is 9.64. The van der Waals surface area contributed by atoms with Crippen molar-refractivity contribution in [3.8, 4) is 0 Å². The molecule has 2 fully saturated rings. The number of aromatic amines is 1. The van der Waals surface area contributed by atoms with Crippen LogP contribution in [0.2, 0.25) is 0 Å². The summed E-state index contributed by atoms with van der Waals surface area (Å²) in [5, 5.41) is 1.00. The lowest BCUT2D eigenvalue weighted by molar-refractivity contribution is 0.191. The molecule has 0 bridgehead atoms. The predicted octanol–water partition coefficient (Wildman–Crippen LogP) is 4.67. The van der Waals surface area contributed by atoms with Crippen LogP contribution < -0.4 is 0 Å². The SMILES string of the molecule is Fc1ccc(C2CC3CN(Cc4nc5ccccc5c(=S)[nH]4)CC32)cc1. The van der Waals surface area contributed by atoms with Gasteiger partial charge in [-0.2, -0.15) is 0 Å². The highest BCUT2D eigenvalue weighted by atomic mass is 32.1. The topological polar surface area (TPSA) is 31.9 Å². The second kappa shape index (κ2) is 6.25. The molecule has 3 atom stereocenters. The Labute approximate surface area is 156 Å². The van der Waals surface area contributed by atoms with Crippen LogP contribution in [-0.2, 0) is 6.54 Å². The largest absolute Gasteiger partial charge is 0.333 e. The summed E-state index contributed by atoms with van der Waals surface area (Å²) in [7, 11) is 0. The van der Waals surface area contributed by atoms with Crippen molar-refractivity contribution in [2.24, 2.45) is 11.8 Å². The third-order valence-corrected chi connectivity index (χ3v) is 6.30. The van der Waals surface area contributed by atoms with Gasteiger partial charge in [-0.05, 0) is 54.0 Å². The molecule has 2 aliphatic rings. The number of likely N-dealkylation sites (tertiary alicyclic amines) is 1. The molecule has 0 radical (unpaired) electrons. The number of nitrogens with zero attached hydrogens (tertiary/aromatic N) is 2. The van der Waals surface area contributed by atoms with Crippen LogP contribution >= 0.6 is 12.2 Å². The summed E-state index contributed by atoms with van der Waals surface area (Å²) in [5.41, 5.74) is 2.23. The highest BCUT2D eigenvalue weighted by molar-refractivity contribution is 7.71. The predicted molar refractivity (Wildman–Crippen MR) is 103 cm³/mol. The van der Waals surface area contributed by atoms with Crippen molar-refractivity contribution in [2.45, 2.75) is 18.9 Å². The minimum atomic E-state index is -0.157. The number of halogens is 1. The van der Waals surface area contributed by atoms with E-state index in [-0.39, 0.29) is 5.82 Å². The molecule has 5 heteroatoms. The van der Waals surface area contributed by atoms with E-state index < -0.39 is 0 Å². The average molecular weight is 365 g/mol. The average Bonchev–Trinajstić information content (AvgIpc) is 2.93. The first-order valence-electron chi connectivity index (χ1n) is 9.13. The number of hydrogen-bond acceptors (Lipinski definition) is 3. The van der Waals surface area contributed by atoms with Gasteiger partial charge in [0.1, 0.15) is 16.3 Å². The van der Waals surface area contributed by atoms with Crippen LogP contribution in [-0.4, -0.2) is 28.0 Å². The van der Waals surface area contributed by atoms with Crippen molar-refractivity contribution in [1.82, 2.24) is 14.9 Å². The number of rotatable bonds is 3. The zero-order valence-corrected chi connectivity index (χ0v) is 15.2. The van der Waals surface area contributed by atoms with Crippen LogP contribution in [0, 0.1) is 22.3 Å². The van der Waals surface area contributed by atoms with E-state index in [2.05, 4.69) is 9.88 Å². The molecular formula is C21H20FN3S. The number of H-pyrrole nitrogens is 1. The van der Waals surface area contributed by atoms with E-state index in [0.717, 1.165) is 46.9 Å². The van der Waals surface area contributed by atoms with E-state index in [9.17, 15) is 4.39 Å². The van der Waals surface area contributed by atoms with Crippen molar-refractivity contribution in [3.05, 3.63) is 70.4 Å². The molecule has 1 saturated heterocycles. The Kier molecular flexibility index (Phi) is 3.87. The molecule has 3 unspecified atom stereocenters. The summed E-state index contributed by atoms with van der Waals surface area (Å²) in [6.45, 7) is 2.98. The number of nitrogens with one attached hydrogen (secondary N) is 1. The maximum Gasteiger partial charge on any atom is 0.123 e. The van der Waals surface area contributed by atoms with Gasteiger partial charge >= 0.3 is 0 Å².